The number of fused-ring (bicyclic) bond motifs is 18. The van der Waals surface area contributed by atoms with E-state index in [1.165, 1.54) is 11.1 Å². The topological polar surface area (TPSA) is 95.8 Å². The van der Waals surface area contributed by atoms with Gasteiger partial charge in [-0.15, -0.1) is 0 Å². The summed E-state index contributed by atoms with van der Waals surface area (Å²) in [5.41, 5.74) is 25.5. The smallest absolute Gasteiger partial charge is 0.164 e. The largest absolute Gasteiger partial charge is 0.457 e. The highest BCUT2D eigenvalue weighted by molar-refractivity contribution is 6.03. The van der Waals surface area contributed by atoms with Crippen LogP contribution in [0.25, 0.3) is 135 Å². The highest BCUT2D eigenvalue weighted by Crippen LogP contribution is 2.67. The van der Waals surface area contributed by atoms with Crippen molar-refractivity contribution in [2.24, 2.45) is 0 Å². The molecule has 0 unspecified atom stereocenters. The van der Waals surface area contributed by atoms with Crippen LogP contribution in [-0.4, -0.2) is 29.9 Å². The summed E-state index contributed by atoms with van der Waals surface area (Å²) in [7, 11) is 0. The Morgan fingerprint density at radius 2 is 0.462 bits per heavy atom. The number of rotatable bonds is 10. The predicted octanol–water partition coefficient (Wildman–Crippen LogP) is 23.7. The fourth-order valence-corrected chi connectivity index (χ4v) is 17.3. The van der Waals surface area contributed by atoms with Gasteiger partial charge in [-0.25, -0.2) is 29.9 Å². The number of aromatic nitrogens is 6. The Balaban J connectivity index is 0.738. The van der Waals surface area contributed by atoms with Gasteiger partial charge >= 0.3 is 0 Å². The van der Waals surface area contributed by atoms with Crippen LogP contribution in [0.5, 0.6) is 23.0 Å². The van der Waals surface area contributed by atoms with E-state index in [0.29, 0.717) is 34.9 Å². The van der Waals surface area contributed by atoms with Gasteiger partial charge in [0.05, 0.1) is 10.8 Å². The minimum Gasteiger partial charge on any atom is -0.457 e. The molecular weight excluding hydrogens is 1290 g/mol. The Hall–Kier alpha value is -14.1. The summed E-state index contributed by atoms with van der Waals surface area (Å²) >= 11 is 0. The van der Waals surface area contributed by atoms with Crippen LogP contribution in [0.15, 0.2) is 364 Å². The van der Waals surface area contributed by atoms with Crippen molar-refractivity contribution in [3.63, 3.8) is 0 Å². The van der Waals surface area contributed by atoms with Crippen LogP contribution in [0.2, 0.25) is 0 Å². The van der Waals surface area contributed by atoms with Crippen LogP contribution in [0.4, 0.5) is 0 Å². The molecule has 2 aliphatic carbocycles. The lowest BCUT2D eigenvalue weighted by Crippen LogP contribution is -2.33. The van der Waals surface area contributed by atoms with E-state index in [4.69, 9.17) is 39.4 Å². The third-order valence-corrected chi connectivity index (χ3v) is 21.7. The van der Waals surface area contributed by atoms with Crippen LogP contribution in [0, 0.1) is 0 Å². The molecule has 21 rings (SSSR count). The molecule has 8 nitrogen and oxygen atoms in total. The fraction of sp³-hybridized carbons (Fsp3) is 0.0204. The molecule has 0 radical (unpaired) electrons. The molecule has 4 aliphatic rings. The number of ether oxygens (including phenoxy) is 2. The second-order valence-electron chi connectivity index (χ2n) is 27.4. The van der Waals surface area contributed by atoms with Crippen molar-refractivity contribution in [3.8, 4) is 158 Å². The van der Waals surface area contributed by atoms with Crippen molar-refractivity contribution >= 4 is 0 Å². The summed E-state index contributed by atoms with van der Waals surface area (Å²) in [5.74, 6) is 6.66. The molecule has 0 saturated carbocycles. The highest BCUT2D eigenvalue weighted by Gasteiger charge is 2.55. The first-order valence-electron chi connectivity index (χ1n) is 35.9. The number of para-hydroxylation sites is 4. The molecule has 8 heteroatoms. The van der Waals surface area contributed by atoms with E-state index in [1.807, 2.05) is 54.6 Å². The first-order chi connectivity index (χ1) is 52.5. The number of hydrogen-bond acceptors (Lipinski definition) is 8. The number of nitrogens with zero attached hydrogens (tertiary/aromatic N) is 6. The van der Waals surface area contributed by atoms with Crippen LogP contribution in [-0.2, 0) is 10.8 Å². The molecule has 2 aliphatic heterocycles. The summed E-state index contributed by atoms with van der Waals surface area (Å²) in [5, 5.41) is 0. The number of hydrogen-bond donors (Lipinski definition) is 0. The first kappa shape index (κ1) is 60.7. The van der Waals surface area contributed by atoms with Gasteiger partial charge in [0.25, 0.3) is 0 Å². The summed E-state index contributed by atoms with van der Waals surface area (Å²) in [6, 6.07) is 129. The van der Waals surface area contributed by atoms with E-state index in [9.17, 15) is 0 Å². The maximum absolute atomic E-state index is 6.97. The van der Waals surface area contributed by atoms with Gasteiger partial charge in [0.1, 0.15) is 23.0 Å². The van der Waals surface area contributed by atoms with E-state index in [1.54, 1.807) is 0 Å². The summed E-state index contributed by atoms with van der Waals surface area (Å²) in [6.07, 6.45) is 0. The SMILES string of the molecule is c1ccc(-c2ccc(-c3cccc4c3C3(c5ccccc5Oc5ccccc53)c3c(-c5nc(-c6ccccc6)nc(-c6cccc(-c7cccc(-c8cccc9c8-c8c(-c%10nc(-c%11ccccc%11)nc(-c%11ccccc%11)n%10)cccc8C98c9ccccc9Oc9ccccc98)c7)c6)n5)cccc3-4)cc2)cc1. The monoisotopic (exact) mass is 1350 g/mol. The van der Waals surface area contributed by atoms with Crippen molar-refractivity contribution in [2.75, 3.05) is 0 Å². The van der Waals surface area contributed by atoms with Gasteiger partial charge in [0.15, 0.2) is 34.9 Å². The molecule has 0 fully saturated rings. The van der Waals surface area contributed by atoms with Gasteiger partial charge in [0.2, 0.25) is 0 Å². The summed E-state index contributed by atoms with van der Waals surface area (Å²) < 4.78 is 13.8. The number of benzene rings is 15. The Morgan fingerprint density at radius 3 is 0.962 bits per heavy atom. The Morgan fingerprint density at radius 1 is 0.170 bits per heavy atom. The van der Waals surface area contributed by atoms with Gasteiger partial charge in [-0.05, 0) is 125 Å². The first-order valence-corrected chi connectivity index (χ1v) is 35.9. The molecular formula is C98H60N6O2. The quantitative estimate of drug-likeness (QED) is 0.134. The molecule has 0 N–H and O–H groups in total. The minimum absolute atomic E-state index is 0.549. The maximum atomic E-state index is 6.97. The lowest BCUT2D eigenvalue weighted by molar-refractivity contribution is 0.436. The zero-order valence-electron chi connectivity index (χ0n) is 57.1. The molecule has 494 valence electrons. The third-order valence-electron chi connectivity index (χ3n) is 21.7. The van der Waals surface area contributed by atoms with Crippen molar-refractivity contribution in [2.45, 2.75) is 10.8 Å². The molecule has 106 heavy (non-hydrogen) atoms. The third kappa shape index (κ3) is 9.34. The van der Waals surface area contributed by atoms with E-state index in [-0.39, 0.29) is 0 Å². The second kappa shape index (κ2) is 24.3. The zero-order chi connectivity index (χ0) is 69.9. The molecule has 15 aromatic carbocycles. The van der Waals surface area contributed by atoms with E-state index in [0.717, 1.165) is 157 Å². The fourth-order valence-electron chi connectivity index (χ4n) is 17.3. The molecule has 0 bridgehead atoms. The minimum atomic E-state index is -0.889. The van der Waals surface area contributed by atoms with Crippen molar-refractivity contribution in [3.05, 3.63) is 408 Å². The van der Waals surface area contributed by atoms with E-state index >= 15 is 0 Å². The Kier molecular flexibility index (Phi) is 13.9. The van der Waals surface area contributed by atoms with Crippen molar-refractivity contribution < 1.29 is 9.47 Å². The molecule has 0 saturated heterocycles. The van der Waals surface area contributed by atoms with Gasteiger partial charge in [-0.1, -0.05) is 328 Å². The predicted molar refractivity (Wildman–Crippen MR) is 422 cm³/mol. The van der Waals surface area contributed by atoms with Gasteiger partial charge in [0, 0.05) is 55.6 Å². The van der Waals surface area contributed by atoms with E-state index in [2.05, 4.69) is 309 Å². The average molecular weight is 1350 g/mol. The molecule has 2 spiro atoms. The normalized spacial score (nSPS) is 13.2. The molecule has 0 amide bonds. The maximum Gasteiger partial charge on any atom is 0.164 e. The van der Waals surface area contributed by atoms with Crippen LogP contribution in [0.3, 0.4) is 0 Å². The summed E-state index contributed by atoms with van der Waals surface area (Å²) in [6.45, 7) is 0. The van der Waals surface area contributed by atoms with Gasteiger partial charge < -0.3 is 9.47 Å². The Bertz CT molecular complexity index is 6250. The molecule has 2 aromatic heterocycles. The zero-order valence-corrected chi connectivity index (χ0v) is 57.1. The van der Waals surface area contributed by atoms with Crippen LogP contribution < -0.4 is 9.47 Å². The van der Waals surface area contributed by atoms with Crippen LogP contribution in [0.1, 0.15) is 44.5 Å². The molecule has 0 atom stereocenters. The Labute approximate surface area is 613 Å². The average Bonchev–Trinajstić information content (AvgIpc) is 1.51. The molecule has 4 heterocycles. The van der Waals surface area contributed by atoms with Gasteiger partial charge in [-0.3, -0.25) is 0 Å². The van der Waals surface area contributed by atoms with E-state index < -0.39 is 10.8 Å². The molecule has 17 aromatic rings. The van der Waals surface area contributed by atoms with Crippen molar-refractivity contribution in [1.82, 2.24) is 29.9 Å². The lowest BCUT2D eigenvalue weighted by Gasteiger charge is -2.41. The summed E-state index contributed by atoms with van der Waals surface area (Å²) in [4.78, 5) is 32.7. The van der Waals surface area contributed by atoms with Crippen molar-refractivity contribution in [1.29, 1.82) is 0 Å². The standard InChI is InChI=1S/C98H60N6O2/c1-5-27-61(28-6-1)62-55-57-63(58-56-62)72-40-23-41-73-74-42-24-44-76(90(74)98(89(72)73)79-47-15-19-53-85(79)106-86-54-20-16-48-80(86)98)96-103-93(66-33-11-4-12-34-66)100-94(104-96)70-38-22-36-68(60-70)67-35-21-37-69(59-67)71-39-25-49-81-87(71)88-75(95-101-91(64-29-7-2-8-30-64)99-92(102-95)65-31-9-3-10-32-65)43-26-50-82(88)97(81)77-45-13-17-51-83(77)105-84-52-18-14-46-78(84)97/h1-60H. The lowest BCUT2D eigenvalue weighted by atomic mass is 9.63. The second-order valence-corrected chi connectivity index (χ2v) is 27.4. The van der Waals surface area contributed by atoms with Gasteiger partial charge in [-0.2, -0.15) is 0 Å². The van der Waals surface area contributed by atoms with Crippen LogP contribution >= 0.6 is 0 Å². The highest BCUT2D eigenvalue weighted by atomic mass is 16.5.